The van der Waals surface area contributed by atoms with E-state index in [1.807, 2.05) is 23.2 Å². The molecule has 1 unspecified atom stereocenters. The van der Waals surface area contributed by atoms with Crippen molar-refractivity contribution in [3.8, 4) is 5.69 Å². The zero-order valence-electron chi connectivity index (χ0n) is 12.8. The second kappa shape index (κ2) is 8.42. The Morgan fingerprint density at radius 2 is 2.14 bits per heavy atom. The summed E-state index contributed by atoms with van der Waals surface area (Å²) >= 11 is 0. The predicted octanol–water partition coefficient (Wildman–Crippen LogP) is 3.95. The molecule has 0 aliphatic carbocycles. The van der Waals surface area contributed by atoms with Crippen LogP contribution in [0.2, 0.25) is 0 Å². The van der Waals surface area contributed by atoms with Crippen LogP contribution < -0.4 is 5.32 Å². The molecule has 0 aliphatic heterocycles. The highest BCUT2D eigenvalue weighted by molar-refractivity contribution is 5.34. The van der Waals surface area contributed by atoms with Gasteiger partial charge in [0.25, 0.3) is 0 Å². The summed E-state index contributed by atoms with van der Waals surface area (Å²) in [4.78, 5) is 4.06. The van der Waals surface area contributed by atoms with Crippen molar-refractivity contribution in [2.45, 2.75) is 32.7 Å². The van der Waals surface area contributed by atoms with Crippen molar-refractivity contribution in [2.24, 2.45) is 5.92 Å². The highest BCUT2D eigenvalue weighted by Gasteiger charge is 2.03. The monoisotopic (exact) mass is 283 g/mol. The Labute approximate surface area is 127 Å². The Balaban J connectivity index is 1.75. The van der Waals surface area contributed by atoms with Gasteiger partial charge in [0.15, 0.2) is 0 Å². The molecular formula is C18H25N3. The van der Waals surface area contributed by atoms with E-state index in [-0.39, 0.29) is 0 Å². The second-order valence-corrected chi connectivity index (χ2v) is 5.40. The van der Waals surface area contributed by atoms with Crippen molar-refractivity contribution in [1.82, 2.24) is 14.9 Å². The molecule has 0 amide bonds. The summed E-state index contributed by atoms with van der Waals surface area (Å²) in [5.41, 5.74) is 2.46. The molecule has 0 radical (unpaired) electrons. The van der Waals surface area contributed by atoms with E-state index >= 15 is 0 Å². The summed E-state index contributed by atoms with van der Waals surface area (Å²) in [7, 11) is 0. The van der Waals surface area contributed by atoms with Crippen molar-refractivity contribution >= 4 is 0 Å². The summed E-state index contributed by atoms with van der Waals surface area (Å²) in [5, 5.41) is 3.53. The van der Waals surface area contributed by atoms with Gasteiger partial charge >= 0.3 is 0 Å². The fourth-order valence-electron chi connectivity index (χ4n) is 2.46. The minimum Gasteiger partial charge on any atom is -0.313 e. The van der Waals surface area contributed by atoms with Crippen LogP contribution in [0.1, 0.15) is 31.7 Å². The van der Waals surface area contributed by atoms with Gasteiger partial charge < -0.3 is 9.88 Å². The van der Waals surface area contributed by atoms with Gasteiger partial charge in [-0.1, -0.05) is 31.6 Å². The minimum absolute atomic E-state index is 0.763. The number of rotatable bonds is 9. The van der Waals surface area contributed by atoms with Gasteiger partial charge in [-0.3, -0.25) is 0 Å². The van der Waals surface area contributed by atoms with E-state index in [0.29, 0.717) is 0 Å². The average molecular weight is 283 g/mol. The fourth-order valence-corrected chi connectivity index (χ4v) is 2.46. The quantitative estimate of drug-likeness (QED) is 0.558. The molecule has 1 atom stereocenters. The third-order valence-electron chi connectivity index (χ3n) is 3.87. The summed E-state index contributed by atoms with van der Waals surface area (Å²) in [6.07, 6.45) is 11.2. The topological polar surface area (TPSA) is 29.9 Å². The molecule has 3 nitrogen and oxygen atoms in total. The zero-order valence-corrected chi connectivity index (χ0v) is 12.8. The van der Waals surface area contributed by atoms with E-state index < -0.39 is 0 Å². The molecule has 1 heterocycles. The molecule has 21 heavy (non-hydrogen) atoms. The van der Waals surface area contributed by atoms with Crippen LogP contribution in [0, 0.1) is 5.92 Å². The molecular weight excluding hydrogens is 258 g/mol. The average Bonchev–Trinajstić information content (AvgIpc) is 3.05. The molecule has 2 aromatic rings. The van der Waals surface area contributed by atoms with Crippen LogP contribution in [0.5, 0.6) is 0 Å². The van der Waals surface area contributed by atoms with Crippen molar-refractivity contribution in [1.29, 1.82) is 0 Å². The standard InChI is InChI=1S/C18H25N3/c1-3-5-16(4-2)10-11-19-14-17-6-8-18(9-7-17)21-13-12-20-15-21/h3,6-9,12-13,15-16,19H,1,4-5,10-11,14H2,2H3. The predicted molar refractivity (Wildman–Crippen MR) is 88.5 cm³/mol. The van der Waals surface area contributed by atoms with Gasteiger partial charge in [0.2, 0.25) is 0 Å². The van der Waals surface area contributed by atoms with Gasteiger partial charge in [-0.05, 0) is 43.0 Å². The molecule has 1 N–H and O–H groups in total. The number of nitrogens with zero attached hydrogens (tertiary/aromatic N) is 2. The Morgan fingerprint density at radius 3 is 2.76 bits per heavy atom. The molecule has 1 aromatic carbocycles. The van der Waals surface area contributed by atoms with Crippen LogP contribution >= 0.6 is 0 Å². The first-order valence-corrected chi connectivity index (χ1v) is 7.72. The molecule has 1 aromatic heterocycles. The third-order valence-corrected chi connectivity index (χ3v) is 3.87. The molecule has 0 aliphatic rings. The number of imidazole rings is 1. The number of nitrogens with one attached hydrogen (secondary N) is 1. The lowest BCUT2D eigenvalue weighted by Crippen LogP contribution is -2.17. The summed E-state index contributed by atoms with van der Waals surface area (Å²) in [6.45, 7) is 8.07. The lowest BCUT2D eigenvalue weighted by molar-refractivity contribution is 0.456. The van der Waals surface area contributed by atoms with Crippen LogP contribution in [0.15, 0.2) is 55.6 Å². The van der Waals surface area contributed by atoms with E-state index in [4.69, 9.17) is 0 Å². The molecule has 112 valence electrons. The van der Waals surface area contributed by atoms with E-state index in [2.05, 4.69) is 48.1 Å². The second-order valence-electron chi connectivity index (χ2n) is 5.40. The first-order valence-electron chi connectivity index (χ1n) is 7.72. The first-order chi connectivity index (χ1) is 10.3. The molecule has 0 saturated heterocycles. The van der Waals surface area contributed by atoms with Crippen LogP contribution in [-0.2, 0) is 6.54 Å². The normalized spacial score (nSPS) is 12.2. The Hall–Kier alpha value is -1.87. The molecule has 3 heteroatoms. The van der Waals surface area contributed by atoms with Crippen molar-refractivity contribution in [3.05, 3.63) is 61.2 Å². The van der Waals surface area contributed by atoms with Gasteiger partial charge in [-0.15, -0.1) is 6.58 Å². The molecule has 0 spiro atoms. The van der Waals surface area contributed by atoms with E-state index in [1.54, 1.807) is 6.20 Å². The van der Waals surface area contributed by atoms with Crippen molar-refractivity contribution in [2.75, 3.05) is 6.54 Å². The SMILES string of the molecule is C=CCC(CC)CCNCc1ccc(-n2ccnc2)cc1. The third kappa shape index (κ3) is 4.87. The highest BCUT2D eigenvalue weighted by atomic mass is 15.0. The maximum atomic E-state index is 4.06. The molecule has 0 fully saturated rings. The van der Waals surface area contributed by atoms with Crippen LogP contribution in [-0.4, -0.2) is 16.1 Å². The number of benzene rings is 1. The van der Waals surface area contributed by atoms with Crippen LogP contribution in [0.25, 0.3) is 5.69 Å². The fraction of sp³-hybridized carbons (Fsp3) is 0.389. The van der Waals surface area contributed by atoms with Gasteiger partial charge in [-0.2, -0.15) is 0 Å². The number of aromatic nitrogens is 2. The first kappa shape index (κ1) is 15.5. The number of allylic oxidation sites excluding steroid dienone is 1. The largest absolute Gasteiger partial charge is 0.313 e. The Bertz CT molecular complexity index is 514. The van der Waals surface area contributed by atoms with Gasteiger partial charge in [0, 0.05) is 24.6 Å². The minimum atomic E-state index is 0.763. The maximum absolute atomic E-state index is 4.06. The van der Waals surface area contributed by atoms with Crippen molar-refractivity contribution < 1.29 is 0 Å². The Morgan fingerprint density at radius 1 is 1.33 bits per heavy atom. The van der Waals surface area contributed by atoms with E-state index in [9.17, 15) is 0 Å². The van der Waals surface area contributed by atoms with E-state index in [0.717, 1.165) is 31.1 Å². The molecule has 0 bridgehead atoms. The van der Waals surface area contributed by atoms with Gasteiger partial charge in [0.1, 0.15) is 0 Å². The van der Waals surface area contributed by atoms with Crippen molar-refractivity contribution in [3.63, 3.8) is 0 Å². The maximum Gasteiger partial charge on any atom is 0.0991 e. The van der Waals surface area contributed by atoms with Crippen LogP contribution in [0.3, 0.4) is 0 Å². The Kier molecular flexibility index (Phi) is 6.22. The molecule has 0 saturated carbocycles. The highest BCUT2D eigenvalue weighted by Crippen LogP contribution is 2.13. The number of hydrogen-bond donors (Lipinski definition) is 1. The number of hydrogen-bond acceptors (Lipinski definition) is 2. The lowest BCUT2D eigenvalue weighted by atomic mass is 9.98. The molecule has 2 rings (SSSR count). The lowest BCUT2D eigenvalue weighted by Gasteiger charge is -2.13. The smallest absolute Gasteiger partial charge is 0.0991 e. The van der Waals surface area contributed by atoms with Gasteiger partial charge in [-0.25, -0.2) is 4.98 Å². The zero-order chi connectivity index (χ0) is 14.9. The summed E-state index contributed by atoms with van der Waals surface area (Å²) in [5.74, 6) is 0.763. The summed E-state index contributed by atoms with van der Waals surface area (Å²) < 4.78 is 2.01. The summed E-state index contributed by atoms with van der Waals surface area (Å²) in [6, 6.07) is 8.60. The van der Waals surface area contributed by atoms with Gasteiger partial charge in [0.05, 0.1) is 6.33 Å². The van der Waals surface area contributed by atoms with E-state index in [1.165, 1.54) is 18.4 Å². The van der Waals surface area contributed by atoms with Crippen LogP contribution in [0.4, 0.5) is 0 Å².